The summed E-state index contributed by atoms with van der Waals surface area (Å²) in [6.45, 7) is 7.99. The number of hydrogen-bond acceptors (Lipinski definition) is 9. The van der Waals surface area contributed by atoms with Crippen LogP contribution in [0, 0.1) is 82.7 Å². The minimum atomic E-state index is -2.49. The normalized spacial score (nSPS) is 13.0. The SMILES string of the molecule is [C-]#[N+]/C(C#N)=C1\N=c2ccc(-c3nc(-c4nc5c(F)c(F)c(C)c(F)c5o4)nc(-c4c(F)c(F)c(F)c(F)c4F)n3)c(C#N)c2=N1. The third-order valence-corrected chi connectivity index (χ3v) is 6.53. The van der Waals surface area contributed by atoms with Crippen LogP contribution < -0.4 is 10.7 Å². The molecule has 6 rings (SSSR count). The van der Waals surface area contributed by atoms with Gasteiger partial charge >= 0.3 is 5.70 Å². The van der Waals surface area contributed by atoms with Crippen molar-refractivity contribution in [3.8, 4) is 46.6 Å². The van der Waals surface area contributed by atoms with Crippen molar-refractivity contribution >= 4 is 11.1 Å². The van der Waals surface area contributed by atoms with Crippen LogP contribution in [0.15, 0.2) is 38.1 Å². The minimum Gasteiger partial charge on any atom is -0.430 e. The number of fused-ring (bicyclic) bond motifs is 2. The number of aromatic nitrogens is 4. The van der Waals surface area contributed by atoms with Gasteiger partial charge in [0.1, 0.15) is 11.4 Å². The third kappa shape index (κ3) is 4.21. The summed E-state index contributed by atoms with van der Waals surface area (Å²) < 4.78 is 121. The second-order valence-electron chi connectivity index (χ2n) is 9.10. The summed E-state index contributed by atoms with van der Waals surface area (Å²) in [5.74, 6) is -20.7. The zero-order chi connectivity index (χ0) is 33.2. The number of halogens is 8. The average molecular weight is 635 g/mol. The Hall–Kier alpha value is -6.61. The maximum atomic E-state index is 14.9. The van der Waals surface area contributed by atoms with E-state index in [-0.39, 0.29) is 22.1 Å². The van der Waals surface area contributed by atoms with E-state index in [1.165, 1.54) is 6.07 Å². The topological polar surface area (TPSA) is 141 Å². The Kier molecular flexibility index (Phi) is 6.74. The Balaban J connectivity index is 1.70. The Morgan fingerprint density at radius 1 is 0.761 bits per heavy atom. The molecule has 1 aliphatic rings. The van der Waals surface area contributed by atoms with Crippen LogP contribution in [0.1, 0.15) is 11.1 Å². The Morgan fingerprint density at radius 3 is 2.02 bits per heavy atom. The van der Waals surface area contributed by atoms with E-state index in [2.05, 4.69) is 34.8 Å². The van der Waals surface area contributed by atoms with E-state index in [9.17, 15) is 40.4 Å². The van der Waals surface area contributed by atoms with E-state index >= 15 is 0 Å². The predicted octanol–water partition coefficient (Wildman–Crippen LogP) is 5.17. The van der Waals surface area contributed by atoms with Crippen LogP contribution in [0.4, 0.5) is 35.1 Å². The zero-order valence-corrected chi connectivity index (χ0v) is 22.1. The molecule has 2 aromatic heterocycles. The summed E-state index contributed by atoms with van der Waals surface area (Å²) in [4.78, 5) is 26.1. The fourth-order valence-electron chi connectivity index (χ4n) is 4.31. The number of benzene rings is 3. The maximum absolute atomic E-state index is 14.9. The lowest BCUT2D eigenvalue weighted by Crippen LogP contribution is -2.25. The molecule has 0 aliphatic carbocycles. The minimum absolute atomic E-state index is 0.00302. The van der Waals surface area contributed by atoms with Crippen molar-refractivity contribution in [2.24, 2.45) is 9.98 Å². The van der Waals surface area contributed by atoms with Crippen molar-refractivity contribution in [1.29, 1.82) is 10.5 Å². The molecule has 10 nitrogen and oxygen atoms in total. The van der Waals surface area contributed by atoms with Gasteiger partial charge in [-0.1, -0.05) is 0 Å². The van der Waals surface area contributed by atoms with Crippen molar-refractivity contribution in [1.82, 2.24) is 19.9 Å². The first-order valence-electron chi connectivity index (χ1n) is 12.2. The van der Waals surface area contributed by atoms with Crippen LogP contribution in [0.3, 0.4) is 0 Å². The van der Waals surface area contributed by atoms with Crippen LogP contribution in [0.5, 0.6) is 0 Å². The second kappa shape index (κ2) is 10.5. The van der Waals surface area contributed by atoms with Crippen LogP contribution in [0.2, 0.25) is 0 Å². The molecule has 5 aromatic rings. The lowest BCUT2D eigenvalue weighted by Gasteiger charge is -2.10. The fourth-order valence-corrected chi connectivity index (χ4v) is 4.31. The van der Waals surface area contributed by atoms with Gasteiger partial charge in [-0.3, -0.25) is 0 Å². The first-order valence-corrected chi connectivity index (χ1v) is 12.2. The third-order valence-electron chi connectivity index (χ3n) is 6.53. The number of nitriles is 2. The lowest BCUT2D eigenvalue weighted by atomic mass is 10.1. The molecular weight excluding hydrogens is 630 g/mol. The summed E-state index contributed by atoms with van der Waals surface area (Å²) >= 11 is 0. The zero-order valence-electron chi connectivity index (χ0n) is 22.1. The summed E-state index contributed by atoms with van der Waals surface area (Å²) in [7, 11) is 0. The molecule has 0 N–H and O–H groups in total. The van der Waals surface area contributed by atoms with Crippen molar-refractivity contribution in [3.63, 3.8) is 0 Å². The number of rotatable bonds is 3. The Morgan fingerprint density at radius 2 is 1.39 bits per heavy atom. The van der Waals surface area contributed by atoms with Gasteiger partial charge < -0.3 is 4.42 Å². The van der Waals surface area contributed by atoms with Gasteiger partial charge in [0.05, 0.1) is 29.1 Å². The number of oxazole rings is 1. The predicted molar refractivity (Wildman–Crippen MR) is 134 cm³/mol. The van der Waals surface area contributed by atoms with E-state index in [1.54, 1.807) is 12.1 Å². The lowest BCUT2D eigenvalue weighted by molar-refractivity contribution is 0.381. The molecule has 0 atom stereocenters. The van der Waals surface area contributed by atoms with Crippen molar-refractivity contribution in [2.75, 3.05) is 0 Å². The molecule has 0 bridgehead atoms. The van der Waals surface area contributed by atoms with Crippen molar-refractivity contribution < 1.29 is 39.5 Å². The summed E-state index contributed by atoms with van der Waals surface area (Å²) in [6.07, 6.45) is 0. The molecule has 3 aromatic carbocycles. The van der Waals surface area contributed by atoms with E-state index in [1.807, 2.05) is 0 Å². The quantitative estimate of drug-likeness (QED) is 0.0876. The van der Waals surface area contributed by atoms with Crippen molar-refractivity contribution in [3.05, 3.63) is 103 Å². The van der Waals surface area contributed by atoms with Crippen molar-refractivity contribution in [2.45, 2.75) is 6.92 Å². The number of nitrogens with zero attached hydrogens (tertiary/aromatic N) is 9. The fraction of sp³-hybridized carbons (Fsp3) is 0.0357. The molecule has 3 heterocycles. The van der Waals surface area contributed by atoms with E-state index < -0.39 is 103 Å². The maximum Gasteiger partial charge on any atom is 0.305 e. The van der Waals surface area contributed by atoms with E-state index in [0.29, 0.717) is 0 Å². The van der Waals surface area contributed by atoms with Gasteiger partial charge in [-0.2, -0.15) is 5.26 Å². The largest absolute Gasteiger partial charge is 0.430 e. The molecule has 0 fully saturated rings. The highest BCUT2D eigenvalue weighted by molar-refractivity contribution is 5.78. The van der Waals surface area contributed by atoms with Gasteiger partial charge in [0.25, 0.3) is 5.89 Å². The first-order chi connectivity index (χ1) is 21.9. The molecule has 46 heavy (non-hydrogen) atoms. The van der Waals surface area contributed by atoms with Gasteiger partial charge in [-0.05, 0) is 19.1 Å². The van der Waals surface area contributed by atoms with Gasteiger partial charge in [0.2, 0.25) is 11.6 Å². The van der Waals surface area contributed by atoms with Crippen LogP contribution >= 0.6 is 0 Å². The summed E-state index contributed by atoms with van der Waals surface area (Å²) in [5, 5.41) is 18.9. The Labute approximate surface area is 248 Å². The van der Waals surface area contributed by atoms with Gasteiger partial charge in [-0.15, -0.1) is 0 Å². The van der Waals surface area contributed by atoms with Crippen LogP contribution in [-0.2, 0) is 0 Å². The molecule has 0 saturated heterocycles. The van der Waals surface area contributed by atoms with Crippen LogP contribution in [0.25, 0.3) is 50.4 Å². The smallest absolute Gasteiger partial charge is 0.305 e. The van der Waals surface area contributed by atoms with Gasteiger partial charge in [0, 0.05) is 11.1 Å². The molecular formula is C28H5F8N9O. The Bertz CT molecular complexity index is 2430. The molecule has 224 valence electrons. The summed E-state index contributed by atoms with van der Waals surface area (Å²) in [5.41, 5.74) is -5.59. The number of allylic oxidation sites excluding steroid dienone is 1. The monoisotopic (exact) mass is 635 g/mol. The molecule has 0 saturated carbocycles. The first kappa shape index (κ1) is 29.5. The highest BCUT2D eigenvalue weighted by Crippen LogP contribution is 2.34. The number of hydrogen-bond donors (Lipinski definition) is 0. The molecule has 0 radical (unpaired) electrons. The van der Waals surface area contributed by atoms with E-state index in [0.717, 1.165) is 13.0 Å². The molecule has 0 unspecified atom stereocenters. The molecule has 1 aliphatic heterocycles. The van der Waals surface area contributed by atoms with Gasteiger partial charge in [-0.25, -0.2) is 75.2 Å². The average Bonchev–Trinajstić information content (AvgIpc) is 3.70. The highest BCUT2D eigenvalue weighted by atomic mass is 19.2. The van der Waals surface area contributed by atoms with Gasteiger partial charge in [0.15, 0.2) is 69.3 Å². The summed E-state index contributed by atoms with van der Waals surface area (Å²) in [6, 6.07) is 5.71. The second-order valence-corrected chi connectivity index (χ2v) is 9.10. The molecule has 0 amide bonds. The molecule has 18 heteroatoms. The molecule has 0 spiro atoms. The van der Waals surface area contributed by atoms with E-state index in [4.69, 9.17) is 16.3 Å². The standard InChI is InChI=1S/C28H5F8N9O/c1-7-13(29)20(36)22-23(14(7)30)46-28(42-22)27-44-24(43-26(45-27)12-15(31)17(33)19(35)18(34)16(12)32)8-3-4-10-21(9(8)5-37)41-25(40-10)11(6-38)39-2/h3-4H,1H3/b25-11+. The highest BCUT2D eigenvalue weighted by Gasteiger charge is 2.31. The van der Waals surface area contributed by atoms with Crippen LogP contribution in [-0.4, -0.2) is 19.9 Å².